The topological polar surface area (TPSA) is 195 Å². The number of anilines is 1. The van der Waals surface area contributed by atoms with Crippen molar-refractivity contribution in [3.63, 3.8) is 0 Å². The molecule has 0 amide bonds. The van der Waals surface area contributed by atoms with Gasteiger partial charge in [0.25, 0.3) is 0 Å². The highest BCUT2D eigenvalue weighted by Crippen LogP contribution is 2.44. The minimum absolute atomic E-state index is 0.0684. The van der Waals surface area contributed by atoms with Gasteiger partial charge in [0.2, 0.25) is 20.0 Å². The lowest BCUT2D eigenvalue weighted by atomic mass is 9.94. The quantitative estimate of drug-likeness (QED) is 0.0899. The Morgan fingerprint density at radius 2 is 1.20 bits per heavy atom. The van der Waals surface area contributed by atoms with Crippen LogP contribution in [0.5, 0.6) is 0 Å². The van der Waals surface area contributed by atoms with Crippen LogP contribution < -0.4 is 11.2 Å². The van der Waals surface area contributed by atoms with E-state index in [2.05, 4.69) is 10.7 Å². The Morgan fingerprint density at radius 1 is 0.780 bits per heavy atom. The molecule has 50 heavy (non-hydrogen) atoms. The minimum Gasteiger partial charge on any atom is -0.358 e. The zero-order valence-corrected chi connectivity index (χ0v) is 30.7. The van der Waals surface area contributed by atoms with E-state index in [0.29, 0.717) is 26.2 Å². The van der Waals surface area contributed by atoms with E-state index < -0.39 is 38.2 Å². The molecule has 3 N–H and O–H groups in total. The number of nitrogens with zero attached hydrogens (tertiary/aromatic N) is 3. The molecule has 3 aromatic rings. The highest BCUT2D eigenvalue weighted by Gasteiger charge is 2.34. The van der Waals surface area contributed by atoms with Crippen LogP contribution in [-0.4, -0.2) is 69.8 Å². The molecular formula is C34H45N5O9S2. The van der Waals surface area contributed by atoms with E-state index in [9.17, 15) is 31.3 Å². The molecule has 16 heteroatoms. The molecule has 5 rings (SSSR count). The molecule has 2 aliphatic rings. The van der Waals surface area contributed by atoms with E-state index in [1.54, 1.807) is 13.8 Å². The first kappa shape index (κ1) is 37.6. The number of benzene rings is 3. The van der Waals surface area contributed by atoms with Crippen molar-refractivity contribution in [3.05, 3.63) is 41.3 Å². The van der Waals surface area contributed by atoms with Gasteiger partial charge in [-0.25, -0.2) is 31.9 Å². The molecule has 5 atom stereocenters. The van der Waals surface area contributed by atoms with Gasteiger partial charge >= 0.3 is 12.1 Å². The summed E-state index contributed by atoms with van der Waals surface area (Å²) in [7, 11) is -8.02. The molecule has 3 aromatic carbocycles. The monoisotopic (exact) mass is 731 g/mol. The summed E-state index contributed by atoms with van der Waals surface area (Å²) in [4.78, 5) is 42.4. The van der Waals surface area contributed by atoms with Crippen molar-refractivity contribution in [2.24, 2.45) is 40.5 Å². The second-order valence-electron chi connectivity index (χ2n) is 14.4. The zero-order chi connectivity index (χ0) is 36.7. The lowest BCUT2D eigenvalue weighted by molar-refractivity contribution is -0.142. The predicted molar refractivity (Wildman–Crippen MR) is 189 cm³/mol. The first-order valence-electron chi connectivity index (χ1n) is 16.7. The largest absolute Gasteiger partial charge is 0.541 e. The molecule has 2 saturated heterocycles. The molecule has 0 bridgehead atoms. The summed E-state index contributed by atoms with van der Waals surface area (Å²) in [5.41, 5.74) is 8.15. The summed E-state index contributed by atoms with van der Waals surface area (Å²) in [6.07, 6.45) is 0.370. The van der Waals surface area contributed by atoms with Gasteiger partial charge in [-0.15, -0.1) is 4.91 Å². The maximum Gasteiger partial charge on any atom is 0.541 e. The summed E-state index contributed by atoms with van der Waals surface area (Å²) in [5, 5.41) is 3.88. The molecule has 0 aromatic heterocycles. The van der Waals surface area contributed by atoms with Crippen LogP contribution in [-0.2, 0) is 34.4 Å². The van der Waals surface area contributed by atoms with E-state index in [0.717, 1.165) is 12.8 Å². The SMILES string of the molecule is CC(C)C(N)C(=O)OC(=O)ONc1c2ccc(S(=O)(=O)N3C[C@H](C)C[C@H](C)C3)cc2c(N=O)c2cc(S(=O)(=O)N3C[C@H](C)C[C@H](C)C3)ccc12. The maximum atomic E-state index is 13.9. The number of piperidine rings is 2. The lowest BCUT2D eigenvalue weighted by Gasteiger charge is -2.34. The van der Waals surface area contributed by atoms with Gasteiger partial charge in [0.1, 0.15) is 11.7 Å². The van der Waals surface area contributed by atoms with Gasteiger partial charge in [0, 0.05) is 47.7 Å². The van der Waals surface area contributed by atoms with Gasteiger partial charge in [-0.1, -0.05) is 53.7 Å². The number of ether oxygens (including phenoxy) is 1. The molecule has 2 aliphatic heterocycles. The summed E-state index contributed by atoms with van der Waals surface area (Å²) < 4.78 is 63.1. The molecule has 0 aliphatic carbocycles. The van der Waals surface area contributed by atoms with Gasteiger partial charge in [0.15, 0.2) is 0 Å². The zero-order valence-electron chi connectivity index (χ0n) is 29.1. The fourth-order valence-corrected chi connectivity index (χ4v) is 10.5. The summed E-state index contributed by atoms with van der Waals surface area (Å²) in [6.45, 7) is 12.6. The van der Waals surface area contributed by atoms with Crippen molar-refractivity contribution in [1.29, 1.82) is 0 Å². The number of esters is 1. The summed E-state index contributed by atoms with van der Waals surface area (Å²) in [5.74, 6) is -0.744. The normalized spacial score (nSPS) is 23.1. The predicted octanol–water partition coefficient (Wildman–Crippen LogP) is 5.71. The van der Waals surface area contributed by atoms with Crippen LogP contribution in [0.15, 0.2) is 51.4 Å². The molecule has 0 radical (unpaired) electrons. The van der Waals surface area contributed by atoms with E-state index in [1.165, 1.54) is 45.0 Å². The Morgan fingerprint density at radius 3 is 1.58 bits per heavy atom. The smallest absolute Gasteiger partial charge is 0.358 e. The number of nitroso groups, excluding NO2 is 1. The highest BCUT2D eigenvalue weighted by molar-refractivity contribution is 7.89. The molecule has 2 heterocycles. The lowest BCUT2D eigenvalue weighted by Crippen LogP contribution is -2.42. The van der Waals surface area contributed by atoms with E-state index in [4.69, 9.17) is 15.3 Å². The standard InChI is InChI=1S/C34H45N5O9S2/c1-19(2)30(35)33(40)47-34(41)48-37-32-26-9-7-24(49(43,44)38-15-20(3)11-21(4)16-38)13-28(26)31(36-42)29-14-25(8-10-27(29)32)50(45,46)39-17-22(5)12-23(6)18-39/h7-10,13-14,19-23,30,37H,11-12,15-18,35H2,1-6H3/t20-,21+,22-,23+,30?. The molecule has 272 valence electrons. The van der Waals surface area contributed by atoms with Gasteiger partial charge in [0.05, 0.1) is 15.5 Å². The molecular weight excluding hydrogens is 687 g/mol. The number of carbonyl (C=O) groups excluding carboxylic acids is 2. The molecule has 14 nitrogen and oxygen atoms in total. The number of hydrogen-bond acceptors (Lipinski definition) is 12. The van der Waals surface area contributed by atoms with Crippen LogP contribution in [0.2, 0.25) is 0 Å². The van der Waals surface area contributed by atoms with Gasteiger partial charge in [-0.05, 0) is 71.9 Å². The van der Waals surface area contributed by atoms with Crippen LogP contribution in [0.4, 0.5) is 16.2 Å². The summed E-state index contributed by atoms with van der Waals surface area (Å²) in [6, 6.07) is 7.21. The number of hydrogen-bond donors (Lipinski definition) is 2. The van der Waals surface area contributed by atoms with E-state index in [1.807, 2.05) is 27.7 Å². The van der Waals surface area contributed by atoms with Crippen LogP contribution in [0.1, 0.15) is 54.4 Å². The molecule has 0 saturated carbocycles. The number of rotatable bonds is 9. The van der Waals surface area contributed by atoms with Crippen LogP contribution in [0.3, 0.4) is 0 Å². The average Bonchev–Trinajstić information content (AvgIpc) is 3.04. The van der Waals surface area contributed by atoms with Gasteiger partial charge < -0.3 is 15.3 Å². The first-order valence-corrected chi connectivity index (χ1v) is 19.6. The van der Waals surface area contributed by atoms with Crippen LogP contribution in [0, 0.1) is 34.5 Å². The van der Waals surface area contributed by atoms with Crippen molar-refractivity contribution < 1.29 is 36.0 Å². The van der Waals surface area contributed by atoms with Crippen molar-refractivity contribution in [1.82, 2.24) is 8.61 Å². The number of nitrogens with one attached hydrogen (secondary N) is 1. The van der Waals surface area contributed by atoms with Crippen molar-refractivity contribution >= 4 is 65.1 Å². The fraction of sp³-hybridized carbons (Fsp3) is 0.529. The third-order valence-electron chi connectivity index (χ3n) is 9.48. The maximum absolute atomic E-state index is 13.9. The van der Waals surface area contributed by atoms with Crippen LogP contribution >= 0.6 is 0 Å². The first-order chi connectivity index (χ1) is 23.4. The number of carbonyl (C=O) groups is 2. The Bertz CT molecular complexity index is 1900. The second kappa shape index (κ2) is 14.5. The number of fused-ring (bicyclic) bond motifs is 2. The molecule has 1 unspecified atom stereocenters. The Kier molecular flexibility index (Phi) is 10.9. The fourth-order valence-electron chi connectivity index (χ4n) is 7.13. The van der Waals surface area contributed by atoms with Crippen molar-refractivity contribution in [2.75, 3.05) is 31.7 Å². The third kappa shape index (κ3) is 7.49. The second-order valence-corrected chi connectivity index (χ2v) is 18.3. The Hall–Kier alpha value is -3.70. The molecule has 0 spiro atoms. The van der Waals surface area contributed by atoms with Crippen molar-refractivity contribution in [3.8, 4) is 0 Å². The third-order valence-corrected chi connectivity index (χ3v) is 13.1. The minimum atomic E-state index is -4.01. The van der Waals surface area contributed by atoms with Gasteiger partial charge in [-0.2, -0.15) is 8.61 Å². The summed E-state index contributed by atoms with van der Waals surface area (Å²) >= 11 is 0. The van der Waals surface area contributed by atoms with Crippen molar-refractivity contribution in [2.45, 2.75) is 70.2 Å². The van der Waals surface area contributed by atoms with E-state index in [-0.39, 0.29) is 72.3 Å². The Labute approximate surface area is 292 Å². The molecule has 2 fully saturated rings. The number of sulfonamides is 2. The van der Waals surface area contributed by atoms with Crippen LogP contribution in [0.25, 0.3) is 21.5 Å². The highest BCUT2D eigenvalue weighted by atomic mass is 32.2. The van der Waals surface area contributed by atoms with Gasteiger partial charge in [-0.3, -0.25) is 0 Å². The average molecular weight is 732 g/mol. The Balaban J connectivity index is 1.65. The number of nitrogens with two attached hydrogens (primary N) is 1. The van der Waals surface area contributed by atoms with E-state index >= 15 is 0 Å².